The molecule has 0 bridgehead atoms. The van der Waals surface area contributed by atoms with E-state index in [-0.39, 0.29) is 0 Å². The van der Waals surface area contributed by atoms with Crippen LogP contribution in [0.3, 0.4) is 0 Å². The molecule has 3 rings (SSSR count). The summed E-state index contributed by atoms with van der Waals surface area (Å²) in [5.74, 6) is 0.986. The summed E-state index contributed by atoms with van der Waals surface area (Å²) in [5, 5.41) is 3.81. The van der Waals surface area contributed by atoms with Gasteiger partial charge >= 0.3 is 0 Å². The molecule has 1 saturated heterocycles. The third-order valence-electron chi connectivity index (χ3n) is 5.70. The van der Waals surface area contributed by atoms with E-state index < -0.39 is 0 Å². The summed E-state index contributed by atoms with van der Waals surface area (Å²) in [5.41, 5.74) is 1.03. The minimum absolute atomic E-state index is 0.515. The first-order valence-corrected chi connectivity index (χ1v) is 8.82. The summed E-state index contributed by atoms with van der Waals surface area (Å²) in [4.78, 5) is 2.85. The van der Waals surface area contributed by atoms with Gasteiger partial charge < -0.3 is 5.32 Å². The van der Waals surface area contributed by atoms with E-state index in [1.165, 1.54) is 58.2 Å². The van der Waals surface area contributed by atoms with Crippen molar-refractivity contribution < 1.29 is 0 Å². The predicted molar refractivity (Wildman–Crippen MR) is 85.9 cm³/mol. The molecule has 1 heterocycles. The number of nitrogens with one attached hydrogen (secondary N) is 1. The molecule has 2 nitrogen and oxygen atoms in total. The van der Waals surface area contributed by atoms with Crippen LogP contribution in [0.2, 0.25) is 0 Å². The third-order valence-corrected chi connectivity index (χ3v) is 5.70. The Balaban J connectivity index is 1.69. The predicted octanol–water partition coefficient (Wildman–Crippen LogP) is 3.67. The first-order chi connectivity index (χ1) is 9.35. The Morgan fingerprint density at radius 3 is 2.25 bits per heavy atom. The highest BCUT2D eigenvalue weighted by Crippen LogP contribution is 2.47. The highest BCUT2D eigenvalue weighted by atomic mass is 15.2. The van der Waals surface area contributed by atoms with Gasteiger partial charge in [-0.3, -0.25) is 4.90 Å². The van der Waals surface area contributed by atoms with Gasteiger partial charge in [0.1, 0.15) is 0 Å². The van der Waals surface area contributed by atoms with Crippen molar-refractivity contribution in [1.29, 1.82) is 0 Å². The lowest BCUT2D eigenvalue weighted by molar-refractivity contribution is 0.0229. The topological polar surface area (TPSA) is 15.3 Å². The second kappa shape index (κ2) is 5.28. The van der Waals surface area contributed by atoms with E-state index in [4.69, 9.17) is 0 Å². The Hall–Kier alpha value is -0.0800. The summed E-state index contributed by atoms with van der Waals surface area (Å²) in [6, 6.07) is 1.60. The normalized spacial score (nSPS) is 35.7. The van der Waals surface area contributed by atoms with Crippen molar-refractivity contribution >= 4 is 0 Å². The van der Waals surface area contributed by atoms with Crippen molar-refractivity contribution in [2.24, 2.45) is 16.7 Å². The summed E-state index contributed by atoms with van der Waals surface area (Å²) >= 11 is 0. The van der Waals surface area contributed by atoms with Gasteiger partial charge in [-0.05, 0) is 68.4 Å². The maximum atomic E-state index is 3.81. The van der Waals surface area contributed by atoms with Crippen molar-refractivity contribution in [1.82, 2.24) is 10.2 Å². The van der Waals surface area contributed by atoms with E-state index in [1.807, 2.05) is 0 Å². The fourth-order valence-electron chi connectivity index (χ4n) is 5.17. The van der Waals surface area contributed by atoms with Crippen LogP contribution < -0.4 is 5.32 Å². The smallest absolute Gasteiger partial charge is 0.0223 e. The lowest BCUT2D eigenvalue weighted by atomic mass is 9.63. The van der Waals surface area contributed by atoms with Crippen molar-refractivity contribution in [2.75, 3.05) is 19.6 Å². The zero-order chi connectivity index (χ0) is 14.4. The van der Waals surface area contributed by atoms with Gasteiger partial charge in [-0.1, -0.05) is 27.7 Å². The SMILES string of the molecule is CC1(C)CC(N2CCCNC(C3CC3)C2)CC(C)(C)C1. The van der Waals surface area contributed by atoms with Crippen molar-refractivity contribution in [3.8, 4) is 0 Å². The Bertz CT molecular complexity index is 327. The lowest BCUT2D eigenvalue weighted by Crippen LogP contribution is -2.49. The molecule has 2 aliphatic carbocycles. The van der Waals surface area contributed by atoms with E-state index in [2.05, 4.69) is 37.9 Å². The van der Waals surface area contributed by atoms with Gasteiger partial charge in [0.05, 0.1) is 0 Å². The van der Waals surface area contributed by atoms with Gasteiger partial charge in [-0.2, -0.15) is 0 Å². The molecule has 0 spiro atoms. The van der Waals surface area contributed by atoms with Crippen LogP contribution in [0, 0.1) is 16.7 Å². The maximum absolute atomic E-state index is 3.81. The van der Waals surface area contributed by atoms with E-state index in [1.54, 1.807) is 0 Å². The van der Waals surface area contributed by atoms with Crippen LogP contribution in [0.5, 0.6) is 0 Å². The second-order valence-corrected chi connectivity index (χ2v) is 9.31. The zero-order valence-corrected chi connectivity index (χ0v) is 14.0. The zero-order valence-electron chi connectivity index (χ0n) is 14.0. The maximum Gasteiger partial charge on any atom is 0.0223 e. The molecule has 20 heavy (non-hydrogen) atoms. The van der Waals surface area contributed by atoms with Crippen molar-refractivity contribution in [3.63, 3.8) is 0 Å². The third kappa shape index (κ3) is 3.57. The average molecular weight is 278 g/mol. The van der Waals surface area contributed by atoms with Crippen LogP contribution in [0.1, 0.15) is 66.2 Å². The van der Waals surface area contributed by atoms with Gasteiger partial charge in [0.2, 0.25) is 0 Å². The van der Waals surface area contributed by atoms with E-state index in [0.29, 0.717) is 10.8 Å². The minimum atomic E-state index is 0.515. The van der Waals surface area contributed by atoms with E-state index in [9.17, 15) is 0 Å². The molecule has 2 saturated carbocycles. The monoisotopic (exact) mass is 278 g/mol. The summed E-state index contributed by atoms with van der Waals surface area (Å²) in [7, 11) is 0. The highest BCUT2D eigenvalue weighted by molar-refractivity contribution is 4.96. The summed E-state index contributed by atoms with van der Waals surface area (Å²) in [6.45, 7) is 13.8. The van der Waals surface area contributed by atoms with Crippen LogP contribution in [-0.4, -0.2) is 36.6 Å². The van der Waals surface area contributed by atoms with Crippen LogP contribution in [-0.2, 0) is 0 Å². The molecule has 1 N–H and O–H groups in total. The van der Waals surface area contributed by atoms with Crippen LogP contribution >= 0.6 is 0 Å². The van der Waals surface area contributed by atoms with Crippen LogP contribution in [0.25, 0.3) is 0 Å². The molecule has 116 valence electrons. The average Bonchev–Trinajstić information content (AvgIpc) is 3.11. The molecule has 0 radical (unpaired) electrons. The van der Waals surface area contributed by atoms with Crippen LogP contribution in [0.15, 0.2) is 0 Å². The lowest BCUT2D eigenvalue weighted by Gasteiger charge is -2.49. The number of rotatable bonds is 2. The molecule has 0 aromatic heterocycles. The molecule has 3 aliphatic rings. The quantitative estimate of drug-likeness (QED) is 0.829. The molecule has 0 amide bonds. The van der Waals surface area contributed by atoms with Crippen molar-refractivity contribution in [3.05, 3.63) is 0 Å². The van der Waals surface area contributed by atoms with Gasteiger partial charge in [0.25, 0.3) is 0 Å². The molecule has 1 unspecified atom stereocenters. The first kappa shape index (κ1) is 14.8. The molecule has 1 atom stereocenters. The molecule has 1 aliphatic heterocycles. The van der Waals surface area contributed by atoms with Gasteiger partial charge in [-0.25, -0.2) is 0 Å². The highest BCUT2D eigenvalue weighted by Gasteiger charge is 2.42. The molecule has 3 fully saturated rings. The van der Waals surface area contributed by atoms with E-state index in [0.717, 1.165) is 18.0 Å². The Morgan fingerprint density at radius 1 is 1.00 bits per heavy atom. The standard InChI is InChI=1S/C18H34N2/c1-17(2)10-15(11-18(3,4)13-17)20-9-5-8-19-16(12-20)14-6-7-14/h14-16,19H,5-13H2,1-4H3. The van der Waals surface area contributed by atoms with Gasteiger partial charge in [0.15, 0.2) is 0 Å². The second-order valence-electron chi connectivity index (χ2n) is 9.31. The fraction of sp³-hybridized carbons (Fsp3) is 1.00. The number of nitrogens with zero attached hydrogens (tertiary/aromatic N) is 1. The van der Waals surface area contributed by atoms with Gasteiger partial charge in [0, 0.05) is 18.6 Å². The molecule has 0 aromatic rings. The minimum Gasteiger partial charge on any atom is -0.312 e. The van der Waals surface area contributed by atoms with Crippen molar-refractivity contribution in [2.45, 2.75) is 78.3 Å². The molecular weight excluding hydrogens is 244 g/mol. The molecular formula is C18H34N2. The number of hydrogen-bond acceptors (Lipinski definition) is 2. The van der Waals surface area contributed by atoms with Crippen LogP contribution in [0.4, 0.5) is 0 Å². The summed E-state index contributed by atoms with van der Waals surface area (Å²) < 4.78 is 0. The Morgan fingerprint density at radius 2 is 1.65 bits per heavy atom. The Labute approximate surface area is 125 Å². The summed E-state index contributed by atoms with van der Waals surface area (Å²) in [6.07, 6.45) is 8.44. The first-order valence-electron chi connectivity index (χ1n) is 8.82. The number of hydrogen-bond donors (Lipinski definition) is 1. The van der Waals surface area contributed by atoms with Gasteiger partial charge in [-0.15, -0.1) is 0 Å². The largest absolute Gasteiger partial charge is 0.312 e. The van der Waals surface area contributed by atoms with E-state index >= 15 is 0 Å². The molecule has 0 aromatic carbocycles. The molecule has 2 heteroatoms. The fourth-order valence-corrected chi connectivity index (χ4v) is 5.17. The Kier molecular flexibility index (Phi) is 3.92.